The second-order valence-corrected chi connectivity index (χ2v) is 6.38. The largest absolute Gasteiger partial charge is 0.384 e. The van der Waals surface area contributed by atoms with Gasteiger partial charge in [-0.1, -0.05) is 19.3 Å². The summed E-state index contributed by atoms with van der Waals surface area (Å²) in [7, 11) is 3.61. The zero-order valence-electron chi connectivity index (χ0n) is 13.4. The molecule has 5 heteroatoms. The summed E-state index contributed by atoms with van der Waals surface area (Å²) in [6, 6.07) is 0. The van der Waals surface area contributed by atoms with Gasteiger partial charge >= 0.3 is 0 Å². The van der Waals surface area contributed by atoms with Crippen LogP contribution in [-0.2, 0) is 16.6 Å². The highest BCUT2D eigenvalue weighted by Crippen LogP contribution is 2.36. The van der Waals surface area contributed by atoms with Crippen molar-refractivity contribution in [2.75, 3.05) is 20.3 Å². The average Bonchev–Trinajstić information content (AvgIpc) is 2.92. The fraction of sp³-hybridized carbons (Fsp3) is 0.750. The van der Waals surface area contributed by atoms with Crippen LogP contribution in [0.4, 0.5) is 0 Å². The molecule has 0 aliphatic heterocycles. The molecule has 1 fully saturated rings. The van der Waals surface area contributed by atoms with Crippen molar-refractivity contribution in [1.82, 2.24) is 15.1 Å². The molecule has 21 heavy (non-hydrogen) atoms. The second-order valence-electron chi connectivity index (χ2n) is 6.38. The summed E-state index contributed by atoms with van der Waals surface area (Å²) < 4.78 is 7.13. The maximum Gasteiger partial charge on any atom is 0.227 e. The predicted molar refractivity (Wildman–Crippen MR) is 82.0 cm³/mol. The van der Waals surface area contributed by atoms with Crippen LogP contribution >= 0.6 is 0 Å². The van der Waals surface area contributed by atoms with E-state index in [-0.39, 0.29) is 17.2 Å². The normalized spacial score (nSPS) is 19.2. The summed E-state index contributed by atoms with van der Waals surface area (Å²) in [5, 5.41) is 7.26. The van der Waals surface area contributed by atoms with Gasteiger partial charge in [-0.15, -0.1) is 0 Å². The van der Waals surface area contributed by atoms with Crippen molar-refractivity contribution in [2.24, 2.45) is 12.5 Å². The van der Waals surface area contributed by atoms with Crippen molar-refractivity contribution in [3.63, 3.8) is 0 Å². The van der Waals surface area contributed by atoms with E-state index >= 15 is 0 Å². The Morgan fingerprint density at radius 2 is 2.19 bits per heavy atom. The van der Waals surface area contributed by atoms with E-state index in [0.717, 1.165) is 25.0 Å². The molecule has 0 spiro atoms. The summed E-state index contributed by atoms with van der Waals surface area (Å²) in [4.78, 5) is 12.4. The lowest BCUT2D eigenvalue weighted by Crippen LogP contribution is -2.43. The van der Waals surface area contributed by atoms with Gasteiger partial charge in [-0.25, -0.2) is 0 Å². The minimum atomic E-state index is -0.165. The number of carbonyl (C=O) groups is 1. The van der Waals surface area contributed by atoms with Gasteiger partial charge in [-0.2, -0.15) is 5.10 Å². The number of methoxy groups -OCH3 is 1. The first kappa shape index (κ1) is 16.0. The van der Waals surface area contributed by atoms with Gasteiger partial charge < -0.3 is 10.1 Å². The summed E-state index contributed by atoms with van der Waals surface area (Å²) in [6.07, 6.45) is 9.70. The SMILES string of the molecule is COCC1(CNC(=O)C(C)c2cnn(C)c2)CCCCC1. The quantitative estimate of drug-likeness (QED) is 0.875. The molecule has 1 amide bonds. The fourth-order valence-corrected chi connectivity index (χ4v) is 3.22. The van der Waals surface area contributed by atoms with Gasteiger partial charge in [0, 0.05) is 37.9 Å². The number of amides is 1. The molecule has 1 unspecified atom stereocenters. The van der Waals surface area contributed by atoms with Crippen molar-refractivity contribution in [2.45, 2.75) is 44.9 Å². The lowest BCUT2D eigenvalue weighted by atomic mass is 9.74. The molecule has 1 heterocycles. The summed E-state index contributed by atoms with van der Waals surface area (Å²) >= 11 is 0. The van der Waals surface area contributed by atoms with Crippen molar-refractivity contribution >= 4 is 5.91 Å². The number of aromatic nitrogens is 2. The van der Waals surface area contributed by atoms with E-state index in [1.54, 1.807) is 18.0 Å². The molecule has 118 valence electrons. The highest BCUT2D eigenvalue weighted by Gasteiger charge is 2.33. The van der Waals surface area contributed by atoms with Crippen LogP contribution in [0.2, 0.25) is 0 Å². The number of hydrogen-bond acceptors (Lipinski definition) is 3. The smallest absolute Gasteiger partial charge is 0.227 e. The summed E-state index contributed by atoms with van der Waals surface area (Å²) in [5.74, 6) is -0.0917. The molecule has 1 aromatic heterocycles. The lowest BCUT2D eigenvalue weighted by Gasteiger charge is -2.37. The first-order valence-electron chi connectivity index (χ1n) is 7.81. The number of rotatable bonds is 6. The predicted octanol–water partition coefficient (Wildman–Crippen LogP) is 2.24. The molecule has 1 atom stereocenters. The van der Waals surface area contributed by atoms with E-state index < -0.39 is 0 Å². The topological polar surface area (TPSA) is 56.1 Å². The van der Waals surface area contributed by atoms with Crippen LogP contribution in [0.1, 0.15) is 50.5 Å². The van der Waals surface area contributed by atoms with Crippen molar-refractivity contribution in [3.05, 3.63) is 18.0 Å². The molecule has 0 aromatic carbocycles. The van der Waals surface area contributed by atoms with Crippen molar-refractivity contribution in [3.8, 4) is 0 Å². The molecule has 0 saturated heterocycles. The molecule has 1 N–H and O–H groups in total. The first-order chi connectivity index (χ1) is 10.1. The lowest BCUT2D eigenvalue weighted by molar-refractivity contribution is -0.123. The summed E-state index contributed by atoms with van der Waals surface area (Å²) in [5.41, 5.74) is 1.08. The Morgan fingerprint density at radius 3 is 2.76 bits per heavy atom. The van der Waals surface area contributed by atoms with Crippen molar-refractivity contribution in [1.29, 1.82) is 0 Å². The molecular formula is C16H27N3O2. The Bertz CT molecular complexity index is 458. The number of hydrogen-bond donors (Lipinski definition) is 1. The van der Waals surface area contributed by atoms with Crippen LogP contribution in [-0.4, -0.2) is 35.9 Å². The third-order valence-corrected chi connectivity index (χ3v) is 4.62. The van der Waals surface area contributed by atoms with Gasteiger partial charge in [0.2, 0.25) is 5.91 Å². The molecule has 5 nitrogen and oxygen atoms in total. The number of nitrogens with zero attached hydrogens (tertiary/aromatic N) is 2. The van der Waals surface area contributed by atoms with Crippen LogP contribution in [0.25, 0.3) is 0 Å². The summed E-state index contributed by atoms with van der Waals surface area (Å²) in [6.45, 7) is 3.37. The minimum Gasteiger partial charge on any atom is -0.384 e. The molecule has 1 aromatic rings. The number of ether oxygens (including phenoxy) is 1. The highest BCUT2D eigenvalue weighted by atomic mass is 16.5. The van der Waals surface area contributed by atoms with Gasteiger partial charge in [0.05, 0.1) is 18.7 Å². The van der Waals surface area contributed by atoms with E-state index in [4.69, 9.17) is 4.74 Å². The Labute approximate surface area is 127 Å². The van der Waals surface area contributed by atoms with Gasteiger partial charge in [-0.05, 0) is 19.8 Å². The van der Waals surface area contributed by atoms with Crippen LogP contribution in [0.5, 0.6) is 0 Å². The zero-order valence-corrected chi connectivity index (χ0v) is 13.4. The van der Waals surface area contributed by atoms with E-state index in [0.29, 0.717) is 6.54 Å². The number of aryl methyl sites for hydroxylation is 1. The number of nitrogens with one attached hydrogen (secondary N) is 1. The standard InChI is InChI=1S/C16H27N3O2/c1-13(14-9-18-19(2)10-14)15(20)17-11-16(12-21-3)7-5-4-6-8-16/h9-10,13H,4-8,11-12H2,1-3H3,(H,17,20). The van der Waals surface area contributed by atoms with Crippen LogP contribution in [0.3, 0.4) is 0 Å². The molecule has 1 saturated carbocycles. The number of carbonyl (C=O) groups excluding carboxylic acids is 1. The maximum atomic E-state index is 12.4. The fourth-order valence-electron chi connectivity index (χ4n) is 3.22. The third kappa shape index (κ3) is 4.06. The molecule has 2 rings (SSSR count). The van der Waals surface area contributed by atoms with Gasteiger partial charge in [0.15, 0.2) is 0 Å². The monoisotopic (exact) mass is 293 g/mol. The molecular weight excluding hydrogens is 266 g/mol. The Balaban J connectivity index is 1.92. The Kier molecular flexibility index (Phi) is 5.39. The molecule has 1 aliphatic rings. The van der Waals surface area contributed by atoms with Crippen LogP contribution < -0.4 is 5.32 Å². The van der Waals surface area contributed by atoms with E-state index in [9.17, 15) is 4.79 Å². The zero-order chi connectivity index (χ0) is 15.3. The van der Waals surface area contributed by atoms with E-state index in [1.165, 1.54) is 19.3 Å². The van der Waals surface area contributed by atoms with E-state index in [1.807, 2.05) is 20.2 Å². The minimum absolute atomic E-state index is 0.0732. The van der Waals surface area contributed by atoms with Crippen LogP contribution in [0.15, 0.2) is 12.4 Å². The Morgan fingerprint density at radius 1 is 1.48 bits per heavy atom. The first-order valence-corrected chi connectivity index (χ1v) is 7.81. The van der Waals surface area contributed by atoms with Gasteiger partial charge in [-0.3, -0.25) is 9.48 Å². The highest BCUT2D eigenvalue weighted by molar-refractivity contribution is 5.83. The third-order valence-electron chi connectivity index (χ3n) is 4.62. The Hall–Kier alpha value is -1.36. The van der Waals surface area contributed by atoms with Crippen LogP contribution in [0, 0.1) is 5.41 Å². The van der Waals surface area contributed by atoms with E-state index in [2.05, 4.69) is 10.4 Å². The van der Waals surface area contributed by atoms with Crippen molar-refractivity contribution < 1.29 is 9.53 Å². The van der Waals surface area contributed by atoms with Gasteiger partial charge in [0.25, 0.3) is 0 Å². The van der Waals surface area contributed by atoms with Gasteiger partial charge in [0.1, 0.15) is 0 Å². The maximum absolute atomic E-state index is 12.4. The molecule has 0 radical (unpaired) electrons. The molecule has 1 aliphatic carbocycles. The second kappa shape index (κ2) is 7.07. The molecule has 0 bridgehead atoms. The average molecular weight is 293 g/mol.